The Kier molecular flexibility index (Phi) is 3.65. The van der Waals surface area contributed by atoms with Gasteiger partial charge in [-0.3, -0.25) is 0 Å². The summed E-state index contributed by atoms with van der Waals surface area (Å²) in [5.74, 6) is 1.13. The first kappa shape index (κ1) is 14.7. The van der Waals surface area contributed by atoms with E-state index in [1.807, 2.05) is 18.2 Å². The van der Waals surface area contributed by atoms with Gasteiger partial charge in [0.1, 0.15) is 5.69 Å². The molecule has 2 atom stereocenters. The first-order valence-electron chi connectivity index (χ1n) is 7.70. The number of halogens is 1. The minimum atomic E-state index is -0.342. The molecule has 1 fully saturated rings. The average molecular weight is 322 g/mol. The van der Waals surface area contributed by atoms with Crippen molar-refractivity contribution in [2.75, 3.05) is 7.11 Å². The molecule has 0 saturated heterocycles. The fourth-order valence-electron chi connectivity index (χ4n) is 2.89. The van der Waals surface area contributed by atoms with Crippen LogP contribution in [0.1, 0.15) is 29.5 Å². The summed E-state index contributed by atoms with van der Waals surface area (Å²) in [7, 11) is 1.47. The monoisotopic (exact) mass is 322 g/mol. The van der Waals surface area contributed by atoms with Crippen molar-refractivity contribution in [3.8, 4) is 17.3 Å². The molecular formula is C18H15FN4O. The lowest BCUT2D eigenvalue weighted by molar-refractivity contribution is 0.386. The van der Waals surface area contributed by atoms with Gasteiger partial charge in [-0.2, -0.15) is 5.10 Å². The minimum Gasteiger partial charge on any atom is -0.494 e. The van der Waals surface area contributed by atoms with Crippen LogP contribution in [0.15, 0.2) is 48.8 Å². The summed E-state index contributed by atoms with van der Waals surface area (Å²) in [6.45, 7) is 0. The third-order valence-electron chi connectivity index (χ3n) is 4.25. The first-order chi connectivity index (χ1) is 11.8. The Labute approximate surface area is 138 Å². The van der Waals surface area contributed by atoms with Crippen molar-refractivity contribution in [1.29, 1.82) is 0 Å². The fraction of sp³-hybridized carbons (Fsp3) is 0.222. The zero-order chi connectivity index (χ0) is 16.5. The molecule has 4 rings (SSSR count). The number of benzene rings is 1. The van der Waals surface area contributed by atoms with Crippen LogP contribution in [0.4, 0.5) is 4.39 Å². The van der Waals surface area contributed by atoms with Gasteiger partial charge in [0.05, 0.1) is 12.8 Å². The molecule has 0 amide bonds. The van der Waals surface area contributed by atoms with E-state index < -0.39 is 0 Å². The topological polar surface area (TPSA) is 60.8 Å². The molecule has 1 aliphatic carbocycles. The molecular weight excluding hydrogens is 307 g/mol. The Morgan fingerprint density at radius 2 is 1.88 bits per heavy atom. The lowest BCUT2D eigenvalue weighted by Gasteiger charge is -2.05. The van der Waals surface area contributed by atoms with Crippen LogP contribution in [0.2, 0.25) is 0 Å². The molecule has 0 N–H and O–H groups in total. The van der Waals surface area contributed by atoms with Gasteiger partial charge >= 0.3 is 0 Å². The Hall–Kier alpha value is -2.89. The summed E-state index contributed by atoms with van der Waals surface area (Å²) in [5, 5.41) is 8.54. The van der Waals surface area contributed by atoms with E-state index in [2.05, 4.69) is 20.2 Å². The summed E-state index contributed by atoms with van der Waals surface area (Å²) in [5.41, 5.74) is 2.65. The molecule has 0 radical (unpaired) electrons. The minimum absolute atomic E-state index is 0.279. The van der Waals surface area contributed by atoms with Gasteiger partial charge in [0.25, 0.3) is 0 Å². The van der Waals surface area contributed by atoms with E-state index in [0.717, 1.165) is 17.7 Å². The summed E-state index contributed by atoms with van der Waals surface area (Å²) in [4.78, 5) is 8.33. The van der Waals surface area contributed by atoms with Gasteiger partial charge in [0.15, 0.2) is 17.4 Å². The lowest BCUT2D eigenvalue weighted by Crippen LogP contribution is -1.96. The standard InChI is InChI=1S/C18H15FN4O/c1-24-17-9-11(3-4-14(17)19)12-10-13(12)15-5-6-16(23-22-15)18-20-7-2-8-21-18/h2-9,12-13H,10H2,1H3/t12-,13+/m0/s1. The molecule has 1 aliphatic rings. The summed E-state index contributed by atoms with van der Waals surface area (Å²) >= 11 is 0. The van der Waals surface area contributed by atoms with Crippen molar-refractivity contribution < 1.29 is 9.13 Å². The largest absolute Gasteiger partial charge is 0.494 e. The summed E-state index contributed by atoms with van der Waals surface area (Å²) in [6.07, 6.45) is 4.33. The van der Waals surface area contributed by atoms with Crippen molar-refractivity contribution in [2.24, 2.45) is 0 Å². The van der Waals surface area contributed by atoms with Crippen LogP contribution in [0.25, 0.3) is 11.5 Å². The number of rotatable bonds is 4. The molecule has 6 heteroatoms. The third kappa shape index (κ3) is 2.71. The first-order valence-corrected chi connectivity index (χ1v) is 7.70. The molecule has 0 spiro atoms. The van der Waals surface area contributed by atoms with Crippen LogP contribution < -0.4 is 4.74 Å². The number of hydrogen-bond acceptors (Lipinski definition) is 5. The van der Waals surface area contributed by atoms with Gasteiger partial charge in [-0.05, 0) is 48.2 Å². The normalized spacial score (nSPS) is 19.1. The van der Waals surface area contributed by atoms with Crippen molar-refractivity contribution >= 4 is 0 Å². The van der Waals surface area contributed by atoms with Gasteiger partial charge in [-0.1, -0.05) is 6.07 Å². The van der Waals surface area contributed by atoms with Gasteiger partial charge in [0, 0.05) is 18.3 Å². The van der Waals surface area contributed by atoms with Crippen LogP contribution in [0.3, 0.4) is 0 Å². The Bertz CT molecular complexity index is 855. The van der Waals surface area contributed by atoms with E-state index >= 15 is 0 Å². The number of hydrogen-bond donors (Lipinski definition) is 0. The Morgan fingerprint density at radius 3 is 2.58 bits per heavy atom. The van der Waals surface area contributed by atoms with E-state index in [0.29, 0.717) is 23.4 Å². The van der Waals surface area contributed by atoms with Crippen molar-refractivity contribution in [2.45, 2.75) is 18.3 Å². The zero-order valence-corrected chi connectivity index (χ0v) is 13.1. The maximum Gasteiger partial charge on any atom is 0.180 e. The van der Waals surface area contributed by atoms with Crippen molar-refractivity contribution in [1.82, 2.24) is 20.2 Å². The van der Waals surface area contributed by atoms with Crippen molar-refractivity contribution in [3.05, 3.63) is 65.9 Å². The van der Waals surface area contributed by atoms with Crippen molar-refractivity contribution in [3.63, 3.8) is 0 Å². The highest BCUT2D eigenvalue weighted by Crippen LogP contribution is 2.54. The van der Waals surface area contributed by atoms with Gasteiger partial charge < -0.3 is 4.74 Å². The maximum atomic E-state index is 13.5. The maximum absolute atomic E-state index is 13.5. The number of aromatic nitrogens is 4. The molecule has 0 unspecified atom stereocenters. The van der Waals surface area contributed by atoms with Crippen LogP contribution in [-0.2, 0) is 0 Å². The molecule has 0 aliphatic heterocycles. The highest BCUT2D eigenvalue weighted by Gasteiger charge is 2.41. The summed E-state index contributed by atoms with van der Waals surface area (Å²) < 4.78 is 18.6. The van der Waals surface area contributed by atoms with Crippen LogP contribution >= 0.6 is 0 Å². The predicted octanol–water partition coefficient (Wildman–Crippen LogP) is 3.35. The summed E-state index contributed by atoms with van der Waals surface area (Å²) in [6, 6.07) is 10.6. The average Bonchev–Trinajstić information content (AvgIpc) is 3.44. The Balaban J connectivity index is 1.52. The van der Waals surface area contributed by atoms with E-state index in [1.165, 1.54) is 13.2 Å². The molecule has 1 saturated carbocycles. The molecule has 2 aromatic heterocycles. The van der Waals surface area contributed by atoms with E-state index in [9.17, 15) is 4.39 Å². The fourth-order valence-corrected chi connectivity index (χ4v) is 2.89. The quantitative estimate of drug-likeness (QED) is 0.737. The van der Waals surface area contributed by atoms with Gasteiger partial charge in [-0.25, -0.2) is 14.4 Å². The molecule has 0 bridgehead atoms. The van der Waals surface area contributed by atoms with Crippen LogP contribution in [0, 0.1) is 5.82 Å². The zero-order valence-electron chi connectivity index (χ0n) is 13.1. The second-order valence-corrected chi connectivity index (χ2v) is 5.76. The number of nitrogens with zero attached hydrogens (tertiary/aromatic N) is 4. The molecule has 120 valence electrons. The van der Waals surface area contributed by atoms with Crippen LogP contribution in [-0.4, -0.2) is 27.3 Å². The van der Waals surface area contributed by atoms with E-state index in [-0.39, 0.29) is 11.6 Å². The third-order valence-corrected chi connectivity index (χ3v) is 4.25. The SMILES string of the molecule is COc1cc([C@@H]2C[C@H]2c2ccc(-c3ncccn3)nn2)ccc1F. The highest BCUT2D eigenvalue weighted by atomic mass is 19.1. The second kappa shape index (κ2) is 5.96. The smallest absolute Gasteiger partial charge is 0.180 e. The van der Waals surface area contributed by atoms with Gasteiger partial charge in [-0.15, -0.1) is 5.10 Å². The molecule has 5 nitrogen and oxygen atoms in total. The number of methoxy groups -OCH3 is 1. The number of ether oxygens (including phenoxy) is 1. The highest BCUT2D eigenvalue weighted by molar-refractivity contribution is 5.48. The Morgan fingerprint density at radius 1 is 1.04 bits per heavy atom. The van der Waals surface area contributed by atoms with E-state index in [4.69, 9.17) is 4.74 Å². The van der Waals surface area contributed by atoms with Gasteiger partial charge in [0.2, 0.25) is 0 Å². The van der Waals surface area contributed by atoms with E-state index in [1.54, 1.807) is 24.5 Å². The molecule has 24 heavy (non-hydrogen) atoms. The predicted molar refractivity (Wildman–Crippen MR) is 86.1 cm³/mol. The molecule has 1 aromatic carbocycles. The molecule has 2 heterocycles. The second-order valence-electron chi connectivity index (χ2n) is 5.76. The van der Waals surface area contributed by atoms with Crippen LogP contribution in [0.5, 0.6) is 5.75 Å². The molecule has 3 aromatic rings. The lowest BCUT2D eigenvalue weighted by atomic mass is 10.1.